The molecular formula is C14H17N3O3S. The number of hydrogen-bond donors (Lipinski definition) is 1. The minimum atomic E-state index is -3.73. The largest absolute Gasteiger partial charge is 0.334 e. The lowest BCUT2D eigenvalue weighted by molar-refractivity contribution is 0.101. The van der Waals surface area contributed by atoms with E-state index in [1.165, 1.54) is 13.1 Å². The lowest BCUT2D eigenvalue weighted by atomic mass is 10.1. The summed E-state index contributed by atoms with van der Waals surface area (Å²) in [6.07, 6.45) is 1.50. The molecular weight excluding hydrogens is 290 g/mol. The first kappa shape index (κ1) is 15.2. The Labute approximate surface area is 123 Å². The van der Waals surface area contributed by atoms with Crippen LogP contribution < -0.4 is 4.72 Å². The van der Waals surface area contributed by atoms with Crippen LogP contribution in [0.2, 0.25) is 0 Å². The van der Waals surface area contributed by atoms with Crippen molar-refractivity contribution in [1.29, 1.82) is 0 Å². The van der Waals surface area contributed by atoms with E-state index in [4.69, 9.17) is 0 Å². The zero-order valence-corrected chi connectivity index (χ0v) is 12.9. The molecule has 0 amide bonds. The molecule has 0 aliphatic heterocycles. The number of Topliss-reactive ketones (excluding diaryl/α,β-unsaturated/α-hetero) is 1. The fourth-order valence-electron chi connectivity index (χ4n) is 1.91. The molecule has 1 N–H and O–H groups in total. The maximum absolute atomic E-state index is 12.2. The Kier molecular flexibility index (Phi) is 4.13. The van der Waals surface area contributed by atoms with Crippen molar-refractivity contribution in [2.24, 2.45) is 0 Å². The average Bonchev–Trinajstić information content (AvgIpc) is 2.81. The summed E-state index contributed by atoms with van der Waals surface area (Å²) >= 11 is 0. The highest BCUT2D eigenvalue weighted by Crippen LogP contribution is 2.16. The Bertz CT molecular complexity index is 761. The van der Waals surface area contributed by atoms with Crippen LogP contribution in [0.4, 0.5) is 5.69 Å². The molecule has 6 nitrogen and oxygen atoms in total. The number of nitrogens with one attached hydrogen (secondary N) is 1. The molecule has 0 aliphatic carbocycles. The van der Waals surface area contributed by atoms with Crippen LogP contribution in [0.15, 0.2) is 35.5 Å². The molecule has 0 saturated heterocycles. The SMILES string of the molecule is CCn1cc(S(=O)(=O)Nc2ccc(C(C)=O)cc2)nc1C. The van der Waals surface area contributed by atoms with Gasteiger partial charge in [0.25, 0.3) is 10.0 Å². The number of rotatable bonds is 5. The van der Waals surface area contributed by atoms with Crippen LogP contribution in [-0.4, -0.2) is 23.8 Å². The van der Waals surface area contributed by atoms with Gasteiger partial charge in [0.1, 0.15) is 5.82 Å². The van der Waals surface area contributed by atoms with Gasteiger partial charge in [-0.3, -0.25) is 9.52 Å². The minimum Gasteiger partial charge on any atom is -0.334 e. The van der Waals surface area contributed by atoms with E-state index in [1.807, 2.05) is 6.92 Å². The Morgan fingerprint density at radius 3 is 2.38 bits per heavy atom. The maximum Gasteiger partial charge on any atom is 0.280 e. The van der Waals surface area contributed by atoms with E-state index < -0.39 is 10.0 Å². The van der Waals surface area contributed by atoms with Crippen molar-refractivity contribution in [1.82, 2.24) is 9.55 Å². The Hall–Kier alpha value is -2.15. The number of hydrogen-bond acceptors (Lipinski definition) is 4. The summed E-state index contributed by atoms with van der Waals surface area (Å²) in [5.41, 5.74) is 0.924. The summed E-state index contributed by atoms with van der Waals surface area (Å²) < 4.78 is 28.7. The predicted molar refractivity (Wildman–Crippen MR) is 79.9 cm³/mol. The first-order chi connectivity index (χ1) is 9.83. The molecule has 1 heterocycles. The molecule has 112 valence electrons. The van der Waals surface area contributed by atoms with E-state index in [9.17, 15) is 13.2 Å². The van der Waals surface area contributed by atoms with Crippen LogP contribution in [0.1, 0.15) is 30.0 Å². The number of imidazole rings is 1. The summed E-state index contributed by atoms with van der Waals surface area (Å²) in [6.45, 7) is 5.78. The maximum atomic E-state index is 12.2. The number of sulfonamides is 1. The molecule has 0 bridgehead atoms. The number of nitrogens with zero attached hydrogens (tertiary/aromatic N) is 2. The van der Waals surface area contributed by atoms with E-state index in [0.29, 0.717) is 23.6 Å². The van der Waals surface area contributed by atoms with Gasteiger partial charge in [-0.05, 0) is 45.0 Å². The third-order valence-electron chi connectivity index (χ3n) is 3.11. The van der Waals surface area contributed by atoms with Crippen molar-refractivity contribution >= 4 is 21.5 Å². The lowest BCUT2D eigenvalue weighted by Gasteiger charge is -2.06. The van der Waals surface area contributed by atoms with Gasteiger partial charge in [0.05, 0.1) is 0 Å². The average molecular weight is 307 g/mol. The van der Waals surface area contributed by atoms with E-state index in [-0.39, 0.29) is 10.8 Å². The van der Waals surface area contributed by atoms with E-state index in [2.05, 4.69) is 9.71 Å². The van der Waals surface area contributed by atoms with Crippen LogP contribution in [0.5, 0.6) is 0 Å². The first-order valence-corrected chi connectivity index (χ1v) is 7.99. The van der Waals surface area contributed by atoms with E-state index in [0.717, 1.165) is 0 Å². The highest BCUT2D eigenvalue weighted by atomic mass is 32.2. The Morgan fingerprint density at radius 2 is 1.90 bits per heavy atom. The smallest absolute Gasteiger partial charge is 0.280 e. The topological polar surface area (TPSA) is 81.1 Å². The number of carbonyl (C=O) groups excluding carboxylic acids is 1. The molecule has 0 unspecified atom stereocenters. The summed E-state index contributed by atoms with van der Waals surface area (Å²) in [6, 6.07) is 6.27. The summed E-state index contributed by atoms with van der Waals surface area (Å²) in [4.78, 5) is 15.2. The number of anilines is 1. The zero-order valence-electron chi connectivity index (χ0n) is 12.1. The van der Waals surface area contributed by atoms with E-state index >= 15 is 0 Å². The van der Waals surface area contributed by atoms with Gasteiger partial charge in [-0.2, -0.15) is 8.42 Å². The van der Waals surface area contributed by atoms with Crippen LogP contribution in [0, 0.1) is 6.92 Å². The van der Waals surface area contributed by atoms with Gasteiger partial charge in [-0.1, -0.05) is 0 Å². The molecule has 0 atom stereocenters. The van der Waals surface area contributed by atoms with Crippen molar-refractivity contribution in [3.05, 3.63) is 41.9 Å². The summed E-state index contributed by atoms with van der Waals surface area (Å²) in [5, 5.41) is -0.0162. The fourth-order valence-corrected chi connectivity index (χ4v) is 2.98. The molecule has 0 saturated carbocycles. The summed E-state index contributed by atoms with van der Waals surface area (Å²) in [5.74, 6) is 0.575. The molecule has 21 heavy (non-hydrogen) atoms. The quantitative estimate of drug-likeness (QED) is 0.859. The number of aromatic nitrogens is 2. The van der Waals surface area contributed by atoms with Crippen molar-refractivity contribution in [2.45, 2.75) is 32.3 Å². The van der Waals surface area contributed by atoms with Gasteiger partial charge >= 0.3 is 0 Å². The lowest BCUT2D eigenvalue weighted by Crippen LogP contribution is -2.13. The number of benzene rings is 1. The standard InChI is InChI=1S/C14H17N3O3S/c1-4-17-9-14(15-11(17)3)21(19,20)16-13-7-5-12(6-8-13)10(2)18/h5-9,16H,4H2,1-3H3. The minimum absolute atomic E-state index is 0.0162. The van der Waals surface area contributed by atoms with Gasteiger partial charge in [-0.25, -0.2) is 4.98 Å². The third-order valence-corrected chi connectivity index (χ3v) is 4.37. The van der Waals surface area contributed by atoms with Crippen LogP contribution in [0.3, 0.4) is 0 Å². The molecule has 0 fully saturated rings. The van der Waals surface area contributed by atoms with Gasteiger partial charge in [-0.15, -0.1) is 0 Å². The number of ketones is 1. The third kappa shape index (κ3) is 3.30. The Balaban J connectivity index is 2.26. The monoisotopic (exact) mass is 307 g/mol. The first-order valence-electron chi connectivity index (χ1n) is 6.51. The zero-order chi connectivity index (χ0) is 15.6. The molecule has 7 heteroatoms. The molecule has 2 rings (SSSR count). The van der Waals surface area contributed by atoms with Gasteiger partial charge in [0.2, 0.25) is 0 Å². The summed E-state index contributed by atoms with van der Waals surface area (Å²) in [7, 11) is -3.73. The fraction of sp³-hybridized carbons (Fsp3) is 0.286. The highest BCUT2D eigenvalue weighted by Gasteiger charge is 2.19. The second-order valence-corrected chi connectivity index (χ2v) is 6.28. The van der Waals surface area contributed by atoms with Crippen molar-refractivity contribution in [3.8, 4) is 0 Å². The second-order valence-electron chi connectivity index (χ2n) is 4.65. The molecule has 0 radical (unpaired) electrons. The number of aryl methyl sites for hydroxylation is 2. The van der Waals surface area contributed by atoms with Crippen LogP contribution in [-0.2, 0) is 16.6 Å². The molecule has 2 aromatic rings. The number of carbonyl (C=O) groups is 1. The van der Waals surface area contributed by atoms with Gasteiger partial charge in [0.15, 0.2) is 10.8 Å². The Morgan fingerprint density at radius 1 is 1.29 bits per heavy atom. The van der Waals surface area contributed by atoms with Crippen molar-refractivity contribution < 1.29 is 13.2 Å². The normalized spacial score (nSPS) is 11.4. The van der Waals surface area contributed by atoms with Crippen molar-refractivity contribution in [3.63, 3.8) is 0 Å². The molecule has 1 aromatic carbocycles. The highest BCUT2D eigenvalue weighted by molar-refractivity contribution is 7.92. The predicted octanol–water partition coefficient (Wildman–Crippen LogP) is 2.21. The van der Waals surface area contributed by atoms with Crippen LogP contribution >= 0.6 is 0 Å². The van der Waals surface area contributed by atoms with Crippen molar-refractivity contribution in [2.75, 3.05) is 4.72 Å². The molecule has 1 aromatic heterocycles. The second kappa shape index (κ2) is 5.69. The van der Waals surface area contributed by atoms with Crippen LogP contribution in [0.25, 0.3) is 0 Å². The van der Waals surface area contributed by atoms with E-state index in [1.54, 1.807) is 35.8 Å². The van der Waals surface area contributed by atoms with Gasteiger partial charge in [0, 0.05) is 24.0 Å². The molecule has 0 spiro atoms. The van der Waals surface area contributed by atoms with Gasteiger partial charge < -0.3 is 4.57 Å². The molecule has 0 aliphatic rings.